The summed E-state index contributed by atoms with van der Waals surface area (Å²) in [5.74, 6) is -1.48. The van der Waals surface area contributed by atoms with Crippen LogP contribution in [0, 0.1) is 12.8 Å². The Morgan fingerprint density at radius 1 is 0.972 bits per heavy atom. The Labute approximate surface area is 205 Å². The Morgan fingerprint density at radius 2 is 1.61 bits per heavy atom. The lowest BCUT2D eigenvalue weighted by Crippen LogP contribution is -2.48. The molecule has 2 aromatic heterocycles. The topological polar surface area (TPSA) is 129 Å². The molecule has 0 unspecified atom stereocenters. The van der Waals surface area contributed by atoms with Crippen molar-refractivity contribution >= 4 is 17.8 Å². The van der Waals surface area contributed by atoms with Crippen molar-refractivity contribution in [2.75, 3.05) is 0 Å². The zero-order chi connectivity index (χ0) is 25.4. The van der Waals surface area contributed by atoms with E-state index in [1.54, 1.807) is 45.0 Å². The number of ether oxygens (including phenoxy) is 1. The van der Waals surface area contributed by atoms with E-state index in [4.69, 9.17) is 13.7 Å². The van der Waals surface area contributed by atoms with E-state index in [1.165, 1.54) is 0 Å². The van der Waals surface area contributed by atoms with E-state index in [0.717, 1.165) is 10.5 Å². The minimum Gasteiger partial charge on any atom is -0.454 e. The van der Waals surface area contributed by atoms with Crippen LogP contribution in [-0.4, -0.2) is 44.1 Å². The minimum absolute atomic E-state index is 0.0443. The summed E-state index contributed by atoms with van der Waals surface area (Å²) >= 11 is 0. The highest BCUT2D eigenvalue weighted by Gasteiger charge is 2.44. The highest BCUT2D eigenvalue weighted by Crippen LogP contribution is 2.33. The first-order valence-corrected chi connectivity index (χ1v) is 11.3. The van der Waals surface area contributed by atoms with E-state index >= 15 is 0 Å². The number of esters is 1. The van der Waals surface area contributed by atoms with Crippen LogP contribution in [-0.2, 0) is 16.1 Å². The summed E-state index contributed by atoms with van der Waals surface area (Å²) in [6.07, 6.45) is 0. The van der Waals surface area contributed by atoms with Crippen LogP contribution >= 0.6 is 0 Å². The fourth-order valence-corrected chi connectivity index (χ4v) is 4.18. The molecule has 1 aliphatic rings. The number of nitrogens with zero attached hydrogens (tertiary/aromatic N) is 4. The van der Waals surface area contributed by atoms with Crippen LogP contribution in [0.4, 0.5) is 0 Å². The van der Waals surface area contributed by atoms with Crippen LogP contribution in [0.5, 0.6) is 0 Å². The lowest BCUT2D eigenvalue weighted by Gasteiger charge is -2.27. The molecule has 2 aromatic carbocycles. The number of hydrogen-bond donors (Lipinski definition) is 0. The van der Waals surface area contributed by atoms with Gasteiger partial charge in [-0.05, 0) is 25.0 Å². The van der Waals surface area contributed by atoms with Crippen molar-refractivity contribution in [1.29, 1.82) is 0 Å². The van der Waals surface area contributed by atoms with E-state index in [9.17, 15) is 14.4 Å². The molecule has 36 heavy (non-hydrogen) atoms. The standard InChI is InChI=1S/C26H22N4O6/c1-14(2)22(30-24(31)17-11-7-8-12-18(17)25(30)32)26(33)34-13-19-27-28-23(35-19)20-15(3)36-29-21(20)16-9-5-4-6-10-16/h4-12,14,22H,13H2,1-3H3/t22-/m0/s1. The first-order valence-electron chi connectivity index (χ1n) is 11.3. The average Bonchev–Trinajstić information content (AvgIpc) is 3.56. The molecule has 0 bridgehead atoms. The van der Waals surface area contributed by atoms with E-state index in [0.29, 0.717) is 17.0 Å². The van der Waals surface area contributed by atoms with Gasteiger partial charge >= 0.3 is 5.97 Å². The van der Waals surface area contributed by atoms with Crippen molar-refractivity contribution < 1.29 is 28.1 Å². The quantitative estimate of drug-likeness (QED) is 0.280. The Bertz CT molecular complexity index is 1420. The summed E-state index contributed by atoms with van der Waals surface area (Å²) in [5, 5.41) is 12.1. The third kappa shape index (κ3) is 3.96. The molecule has 10 heteroatoms. The summed E-state index contributed by atoms with van der Waals surface area (Å²) in [6, 6.07) is 14.8. The van der Waals surface area contributed by atoms with Gasteiger partial charge in [0.15, 0.2) is 6.61 Å². The Morgan fingerprint density at radius 3 is 2.25 bits per heavy atom. The normalized spacial score (nSPS) is 13.8. The third-order valence-electron chi connectivity index (χ3n) is 5.91. The van der Waals surface area contributed by atoms with Gasteiger partial charge in [-0.1, -0.05) is 61.5 Å². The van der Waals surface area contributed by atoms with Crippen molar-refractivity contribution in [2.45, 2.75) is 33.4 Å². The van der Waals surface area contributed by atoms with Gasteiger partial charge < -0.3 is 13.7 Å². The molecule has 0 fully saturated rings. The SMILES string of the molecule is Cc1onc(-c2ccccc2)c1-c1nnc(COC(=O)[C@H](C(C)C)N2C(=O)c3ccccc3C2=O)o1. The Kier molecular flexibility index (Phi) is 5.93. The van der Waals surface area contributed by atoms with Crippen LogP contribution in [0.2, 0.25) is 0 Å². The zero-order valence-electron chi connectivity index (χ0n) is 19.8. The van der Waals surface area contributed by atoms with Crippen molar-refractivity contribution in [3.8, 4) is 22.7 Å². The van der Waals surface area contributed by atoms with Crippen LogP contribution in [0.3, 0.4) is 0 Å². The summed E-state index contributed by atoms with van der Waals surface area (Å²) in [7, 11) is 0. The monoisotopic (exact) mass is 486 g/mol. The number of rotatable bonds is 7. The highest BCUT2D eigenvalue weighted by molar-refractivity contribution is 6.22. The molecular weight excluding hydrogens is 464 g/mol. The number of fused-ring (bicyclic) bond motifs is 1. The highest BCUT2D eigenvalue weighted by atomic mass is 16.5. The number of benzene rings is 2. The Balaban J connectivity index is 1.33. The number of aromatic nitrogens is 3. The second-order valence-corrected chi connectivity index (χ2v) is 8.65. The second-order valence-electron chi connectivity index (χ2n) is 8.65. The first-order chi connectivity index (χ1) is 17.4. The first kappa shape index (κ1) is 23.2. The summed E-state index contributed by atoms with van der Waals surface area (Å²) in [4.78, 5) is 39.8. The maximum atomic E-state index is 13.0. The van der Waals surface area contributed by atoms with Crippen LogP contribution in [0.25, 0.3) is 22.7 Å². The number of amides is 2. The van der Waals surface area contributed by atoms with Gasteiger partial charge in [0.05, 0.1) is 11.1 Å². The Hall–Kier alpha value is -4.60. The predicted molar refractivity (Wildman–Crippen MR) is 125 cm³/mol. The molecule has 182 valence electrons. The van der Waals surface area contributed by atoms with E-state index in [-0.39, 0.29) is 35.4 Å². The maximum Gasteiger partial charge on any atom is 0.330 e. The van der Waals surface area contributed by atoms with Crippen LogP contribution in [0.1, 0.15) is 46.2 Å². The lowest BCUT2D eigenvalue weighted by molar-refractivity contribution is -0.151. The largest absolute Gasteiger partial charge is 0.454 e. The molecule has 10 nitrogen and oxygen atoms in total. The van der Waals surface area contributed by atoms with Gasteiger partial charge in [0.1, 0.15) is 23.1 Å². The van der Waals surface area contributed by atoms with E-state index in [1.807, 2.05) is 30.3 Å². The predicted octanol–water partition coefficient (Wildman–Crippen LogP) is 4.06. The molecule has 2 amide bonds. The maximum absolute atomic E-state index is 13.0. The van der Waals surface area contributed by atoms with Crippen LogP contribution in [0.15, 0.2) is 63.5 Å². The number of carbonyl (C=O) groups is 3. The van der Waals surface area contributed by atoms with Gasteiger partial charge in [0.2, 0.25) is 0 Å². The number of carbonyl (C=O) groups excluding carboxylic acids is 3. The minimum atomic E-state index is -1.11. The van der Waals surface area contributed by atoms with Crippen molar-refractivity contribution in [1.82, 2.24) is 20.3 Å². The summed E-state index contributed by atoms with van der Waals surface area (Å²) in [6.45, 7) is 4.87. The fourth-order valence-electron chi connectivity index (χ4n) is 4.18. The zero-order valence-corrected chi connectivity index (χ0v) is 19.8. The van der Waals surface area contributed by atoms with Gasteiger partial charge in [-0.3, -0.25) is 14.5 Å². The van der Waals surface area contributed by atoms with Gasteiger partial charge in [-0.15, -0.1) is 10.2 Å². The summed E-state index contributed by atoms with van der Waals surface area (Å²) in [5.41, 5.74) is 2.43. The summed E-state index contributed by atoms with van der Waals surface area (Å²) < 4.78 is 16.5. The number of imide groups is 1. The molecular formula is C26H22N4O6. The smallest absolute Gasteiger partial charge is 0.330 e. The average molecular weight is 486 g/mol. The number of aryl methyl sites for hydroxylation is 1. The lowest BCUT2D eigenvalue weighted by atomic mass is 10.0. The van der Waals surface area contributed by atoms with Crippen molar-refractivity contribution in [2.24, 2.45) is 5.92 Å². The van der Waals surface area contributed by atoms with Gasteiger partial charge in [-0.2, -0.15) is 0 Å². The van der Waals surface area contributed by atoms with Gasteiger partial charge in [0, 0.05) is 5.56 Å². The molecule has 0 radical (unpaired) electrons. The van der Waals surface area contributed by atoms with Gasteiger partial charge in [0.25, 0.3) is 23.6 Å². The molecule has 1 atom stereocenters. The van der Waals surface area contributed by atoms with Crippen molar-refractivity contribution in [3.63, 3.8) is 0 Å². The van der Waals surface area contributed by atoms with E-state index in [2.05, 4.69) is 15.4 Å². The molecule has 0 spiro atoms. The second kappa shape index (κ2) is 9.21. The molecule has 4 aromatic rings. The van der Waals surface area contributed by atoms with Crippen LogP contribution < -0.4 is 0 Å². The molecule has 0 aliphatic carbocycles. The van der Waals surface area contributed by atoms with Gasteiger partial charge in [-0.25, -0.2) is 4.79 Å². The van der Waals surface area contributed by atoms with E-state index < -0.39 is 23.8 Å². The molecule has 3 heterocycles. The molecule has 0 N–H and O–H groups in total. The fraction of sp³-hybridized carbons (Fsp3) is 0.231. The molecule has 0 saturated heterocycles. The molecule has 0 saturated carbocycles. The molecule has 1 aliphatic heterocycles. The molecule has 5 rings (SSSR count). The van der Waals surface area contributed by atoms with Crippen molar-refractivity contribution in [3.05, 3.63) is 77.4 Å². The third-order valence-corrected chi connectivity index (χ3v) is 5.91. The number of hydrogen-bond acceptors (Lipinski definition) is 9.